The molecule has 212 valence electrons. The van der Waals surface area contributed by atoms with Gasteiger partial charge in [-0.2, -0.15) is 0 Å². The van der Waals surface area contributed by atoms with Crippen molar-refractivity contribution in [2.24, 2.45) is 0 Å². The number of hydrogen-bond donors (Lipinski definition) is 1. The lowest BCUT2D eigenvalue weighted by Crippen LogP contribution is -2.63. The number of anilines is 1. The maximum absolute atomic E-state index is 14.6. The summed E-state index contributed by atoms with van der Waals surface area (Å²) in [5, 5.41) is 3.18. The van der Waals surface area contributed by atoms with Gasteiger partial charge in [-0.25, -0.2) is 9.78 Å². The first-order valence-electron chi connectivity index (χ1n) is 14.3. The zero-order valence-corrected chi connectivity index (χ0v) is 23.2. The average molecular weight is 561 g/mol. The number of para-hydroxylation sites is 1. The first-order chi connectivity index (χ1) is 20.6. The second-order valence-corrected chi connectivity index (χ2v) is 10.8. The fourth-order valence-corrected chi connectivity index (χ4v) is 6.33. The van der Waals surface area contributed by atoms with Crippen LogP contribution in [0.4, 0.5) is 5.69 Å². The van der Waals surface area contributed by atoms with Crippen LogP contribution in [0, 0.1) is 0 Å². The molecule has 1 fully saturated rings. The van der Waals surface area contributed by atoms with E-state index >= 15 is 0 Å². The predicted molar refractivity (Wildman–Crippen MR) is 158 cm³/mol. The van der Waals surface area contributed by atoms with E-state index < -0.39 is 23.5 Å². The van der Waals surface area contributed by atoms with E-state index in [-0.39, 0.29) is 23.9 Å². The summed E-state index contributed by atoms with van der Waals surface area (Å²) in [5.74, 6) is -0.924. The number of ether oxygens (including phenoxy) is 1. The average Bonchev–Trinajstić information content (AvgIpc) is 3.26. The van der Waals surface area contributed by atoms with E-state index in [1.54, 1.807) is 4.90 Å². The van der Waals surface area contributed by atoms with Gasteiger partial charge in [-0.15, -0.1) is 0 Å². The highest BCUT2D eigenvalue weighted by atomic mass is 16.5. The number of nitrogens with zero attached hydrogens (tertiary/aromatic N) is 3. The molecule has 1 aliphatic carbocycles. The Balaban J connectivity index is 1.35. The van der Waals surface area contributed by atoms with Crippen LogP contribution in [-0.2, 0) is 32.7 Å². The summed E-state index contributed by atoms with van der Waals surface area (Å²) in [6.07, 6.45) is 6.01. The second-order valence-electron chi connectivity index (χ2n) is 10.8. The second kappa shape index (κ2) is 11.9. The van der Waals surface area contributed by atoms with Gasteiger partial charge in [0.15, 0.2) is 5.69 Å². The number of aryl methyl sites for hydroxylation is 1. The Morgan fingerprint density at radius 1 is 0.929 bits per heavy atom. The van der Waals surface area contributed by atoms with E-state index in [4.69, 9.17) is 4.74 Å². The third-order valence-corrected chi connectivity index (χ3v) is 8.28. The number of carbonyl (C=O) groups is 3. The molecule has 1 N–H and O–H groups in total. The molecule has 1 spiro atoms. The Kier molecular flexibility index (Phi) is 7.77. The normalized spacial score (nSPS) is 21.1. The van der Waals surface area contributed by atoms with Crippen molar-refractivity contribution in [1.29, 1.82) is 0 Å². The largest absolute Gasteiger partial charge is 0.455 e. The number of aromatic nitrogens is 2. The van der Waals surface area contributed by atoms with Crippen LogP contribution in [0.1, 0.15) is 52.9 Å². The Morgan fingerprint density at radius 2 is 1.64 bits per heavy atom. The zero-order chi connectivity index (χ0) is 28.9. The molecule has 1 aliphatic heterocycles. The molecule has 0 saturated heterocycles. The van der Waals surface area contributed by atoms with Gasteiger partial charge in [-0.3, -0.25) is 14.6 Å². The summed E-state index contributed by atoms with van der Waals surface area (Å²) < 4.78 is 6.03. The van der Waals surface area contributed by atoms with E-state index in [0.29, 0.717) is 32.2 Å². The molecule has 2 aliphatic rings. The Hall–Kier alpha value is -4.85. The van der Waals surface area contributed by atoms with Gasteiger partial charge in [0.1, 0.15) is 11.5 Å². The van der Waals surface area contributed by atoms with E-state index in [2.05, 4.69) is 15.3 Å². The molecule has 0 unspecified atom stereocenters. The molecule has 1 aromatic heterocycles. The zero-order valence-electron chi connectivity index (χ0n) is 23.2. The summed E-state index contributed by atoms with van der Waals surface area (Å²) in [4.78, 5) is 51.2. The van der Waals surface area contributed by atoms with Crippen molar-refractivity contribution in [2.75, 3.05) is 4.90 Å². The molecular formula is C34H32N4O4. The van der Waals surface area contributed by atoms with Gasteiger partial charge in [0, 0.05) is 24.5 Å². The van der Waals surface area contributed by atoms with Crippen molar-refractivity contribution in [3.63, 3.8) is 0 Å². The predicted octanol–water partition coefficient (Wildman–Crippen LogP) is 4.79. The topological polar surface area (TPSA) is 101 Å². The summed E-state index contributed by atoms with van der Waals surface area (Å²) in [6.45, 7) is 0.400. The highest BCUT2D eigenvalue weighted by molar-refractivity contribution is 6.09. The number of carbonyl (C=O) groups excluding carboxylic acids is 3. The first kappa shape index (κ1) is 27.3. The van der Waals surface area contributed by atoms with Gasteiger partial charge >= 0.3 is 5.97 Å². The highest BCUT2D eigenvalue weighted by Crippen LogP contribution is 2.51. The van der Waals surface area contributed by atoms with E-state index in [9.17, 15) is 14.4 Å². The molecule has 2 amide bonds. The molecule has 4 aromatic rings. The molecule has 8 heteroatoms. The van der Waals surface area contributed by atoms with Gasteiger partial charge in [0.05, 0.1) is 18.8 Å². The minimum Gasteiger partial charge on any atom is -0.455 e. The van der Waals surface area contributed by atoms with E-state index in [1.165, 1.54) is 18.6 Å². The van der Waals surface area contributed by atoms with Crippen LogP contribution in [0.2, 0.25) is 0 Å². The van der Waals surface area contributed by atoms with Gasteiger partial charge < -0.3 is 15.0 Å². The lowest BCUT2D eigenvalue weighted by molar-refractivity contribution is -0.131. The summed E-state index contributed by atoms with van der Waals surface area (Å²) in [6, 6.07) is 26.7. The fourth-order valence-electron chi connectivity index (χ4n) is 6.33. The van der Waals surface area contributed by atoms with Crippen molar-refractivity contribution >= 4 is 23.5 Å². The molecule has 42 heavy (non-hydrogen) atoms. The lowest BCUT2D eigenvalue weighted by atomic mass is 9.65. The summed E-state index contributed by atoms with van der Waals surface area (Å²) in [5.41, 5.74) is 2.71. The van der Waals surface area contributed by atoms with Crippen LogP contribution in [0.25, 0.3) is 0 Å². The molecule has 6 rings (SSSR count). The monoisotopic (exact) mass is 560 g/mol. The van der Waals surface area contributed by atoms with Crippen molar-refractivity contribution in [3.8, 4) is 0 Å². The van der Waals surface area contributed by atoms with Crippen LogP contribution >= 0.6 is 0 Å². The van der Waals surface area contributed by atoms with Crippen molar-refractivity contribution in [2.45, 2.75) is 56.2 Å². The van der Waals surface area contributed by atoms with Crippen LogP contribution in [0.15, 0.2) is 104 Å². The van der Waals surface area contributed by atoms with Gasteiger partial charge in [0.2, 0.25) is 11.8 Å². The smallest absolute Gasteiger partial charge is 0.358 e. The minimum atomic E-state index is -1.08. The third-order valence-electron chi connectivity index (χ3n) is 8.28. The molecule has 8 nitrogen and oxygen atoms in total. The SMILES string of the molecule is O=C(CCc1ccccc1)N[C@H]1[C@H](OC(=O)c2cnccn2)CCC[C@]12C(=O)N(Cc1ccccc1)c1ccccc12. The standard InChI is InChI=1S/C34H32N4O4/c39-30(18-17-24-10-3-1-4-11-24)37-31-29(42-32(40)27-22-35-20-21-36-27)16-9-19-34(31)26-14-7-8-15-28(26)38(33(34)41)23-25-12-5-2-6-13-25/h1-8,10-15,20-22,29,31H,9,16-19,23H2,(H,37,39)/t29-,31+,34-/m1/s1. The fraction of sp³-hybridized carbons (Fsp3) is 0.265. The van der Waals surface area contributed by atoms with Crippen LogP contribution in [-0.4, -0.2) is 39.9 Å². The van der Waals surface area contributed by atoms with E-state index in [0.717, 1.165) is 22.4 Å². The molecule has 3 atom stereocenters. The Morgan fingerprint density at radius 3 is 2.38 bits per heavy atom. The summed E-state index contributed by atoms with van der Waals surface area (Å²) >= 11 is 0. The van der Waals surface area contributed by atoms with Crippen molar-refractivity contribution in [3.05, 3.63) is 126 Å². The molecule has 2 heterocycles. The molecule has 1 saturated carbocycles. The molecule has 3 aromatic carbocycles. The Labute approximate surface area is 244 Å². The molecular weight excluding hydrogens is 528 g/mol. The summed E-state index contributed by atoms with van der Waals surface area (Å²) in [7, 11) is 0. The number of hydrogen-bond acceptors (Lipinski definition) is 6. The lowest BCUT2D eigenvalue weighted by Gasteiger charge is -2.44. The van der Waals surface area contributed by atoms with Gasteiger partial charge in [-0.1, -0.05) is 78.9 Å². The molecule has 0 radical (unpaired) electrons. The minimum absolute atomic E-state index is 0.0788. The quantitative estimate of drug-likeness (QED) is 0.311. The number of fused-ring (bicyclic) bond motifs is 2. The van der Waals surface area contributed by atoms with Crippen LogP contribution in [0.5, 0.6) is 0 Å². The molecule has 0 bridgehead atoms. The first-order valence-corrected chi connectivity index (χ1v) is 14.3. The number of nitrogens with one attached hydrogen (secondary N) is 1. The highest BCUT2D eigenvalue weighted by Gasteiger charge is 2.60. The maximum Gasteiger partial charge on any atom is 0.358 e. The number of esters is 1. The van der Waals surface area contributed by atoms with Crippen LogP contribution in [0.3, 0.4) is 0 Å². The van der Waals surface area contributed by atoms with Gasteiger partial charge in [0.25, 0.3) is 0 Å². The third kappa shape index (κ3) is 5.28. The maximum atomic E-state index is 14.6. The van der Waals surface area contributed by atoms with Crippen molar-refractivity contribution < 1.29 is 19.1 Å². The van der Waals surface area contributed by atoms with E-state index in [1.807, 2.05) is 84.9 Å². The number of rotatable bonds is 8. The Bertz CT molecular complexity index is 1560. The number of benzene rings is 3. The van der Waals surface area contributed by atoms with Gasteiger partial charge in [-0.05, 0) is 48.4 Å². The van der Waals surface area contributed by atoms with Crippen molar-refractivity contribution in [1.82, 2.24) is 15.3 Å². The number of amides is 2. The van der Waals surface area contributed by atoms with Crippen LogP contribution < -0.4 is 10.2 Å².